The van der Waals surface area contributed by atoms with Crippen molar-refractivity contribution in [1.82, 2.24) is 5.43 Å². The average molecular weight is 176 g/mol. The third kappa shape index (κ3) is 1.49. The molecule has 3 nitrogen and oxygen atoms in total. The Balaban J connectivity index is 3.01. The second kappa shape index (κ2) is 3.46. The predicted octanol–water partition coefficient (Wildman–Crippen LogP) is 0.358. The summed E-state index contributed by atoms with van der Waals surface area (Å²) in [6, 6.07) is 0. The zero-order chi connectivity index (χ0) is 9.90. The van der Waals surface area contributed by atoms with Crippen LogP contribution in [0.2, 0.25) is 0 Å². The zero-order valence-corrected chi connectivity index (χ0v) is 7.45. The summed E-state index contributed by atoms with van der Waals surface area (Å²) in [5.74, 6) is 7.13. The first-order valence-corrected chi connectivity index (χ1v) is 3.98. The van der Waals surface area contributed by atoms with Crippen LogP contribution in [-0.4, -0.2) is 5.91 Å². The maximum Gasteiger partial charge on any atom is 0.245 e. The molecule has 1 aliphatic rings. The maximum absolute atomic E-state index is 11.4. The fraction of sp³-hybridized carbons (Fsp3) is 0.300. The van der Waals surface area contributed by atoms with Gasteiger partial charge in [0.1, 0.15) is 0 Å². The van der Waals surface area contributed by atoms with Crippen LogP contribution in [0.25, 0.3) is 0 Å². The summed E-state index contributed by atoms with van der Waals surface area (Å²) in [7, 11) is 0. The van der Waals surface area contributed by atoms with Gasteiger partial charge < -0.3 is 0 Å². The van der Waals surface area contributed by atoms with Crippen molar-refractivity contribution < 1.29 is 4.79 Å². The third-order valence-corrected chi connectivity index (χ3v) is 2.30. The van der Waals surface area contributed by atoms with Crippen molar-refractivity contribution in [3.8, 4) is 12.3 Å². The Morgan fingerprint density at radius 1 is 1.69 bits per heavy atom. The van der Waals surface area contributed by atoms with Crippen molar-refractivity contribution in [2.75, 3.05) is 0 Å². The number of nitrogens with one attached hydrogen (secondary N) is 1. The number of amides is 1. The highest BCUT2D eigenvalue weighted by Gasteiger charge is 2.37. The molecule has 0 aromatic heterocycles. The van der Waals surface area contributed by atoms with E-state index >= 15 is 0 Å². The Morgan fingerprint density at radius 3 is 2.92 bits per heavy atom. The molecule has 3 N–H and O–H groups in total. The van der Waals surface area contributed by atoms with Gasteiger partial charge >= 0.3 is 0 Å². The molecule has 1 amide bonds. The van der Waals surface area contributed by atoms with Gasteiger partial charge in [-0.3, -0.25) is 10.2 Å². The van der Waals surface area contributed by atoms with E-state index in [2.05, 4.69) is 11.3 Å². The fourth-order valence-electron chi connectivity index (χ4n) is 1.34. The molecule has 13 heavy (non-hydrogen) atoms. The molecule has 0 aliphatic heterocycles. The van der Waals surface area contributed by atoms with Crippen molar-refractivity contribution in [1.29, 1.82) is 0 Å². The van der Waals surface area contributed by atoms with Gasteiger partial charge in [-0.25, -0.2) is 5.84 Å². The lowest BCUT2D eigenvalue weighted by atomic mass is 9.74. The van der Waals surface area contributed by atoms with E-state index in [1.807, 2.05) is 12.2 Å². The first-order valence-electron chi connectivity index (χ1n) is 3.98. The molecule has 0 saturated carbocycles. The highest BCUT2D eigenvalue weighted by atomic mass is 16.2. The van der Waals surface area contributed by atoms with Crippen molar-refractivity contribution >= 4 is 5.91 Å². The summed E-state index contributed by atoms with van der Waals surface area (Å²) in [5.41, 5.74) is 1.40. The van der Waals surface area contributed by atoms with E-state index in [0.717, 1.165) is 0 Å². The van der Waals surface area contributed by atoms with Crippen molar-refractivity contribution in [2.45, 2.75) is 6.92 Å². The van der Waals surface area contributed by atoms with E-state index in [1.54, 1.807) is 19.1 Å². The molecule has 0 fully saturated rings. The number of hydrogen-bond acceptors (Lipinski definition) is 2. The second-order valence-electron chi connectivity index (χ2n) is 3.14. The van der Waals surface area contributed by atoms with Crippen LogP contribution in [0.5, 0.6) is 0 Å². The van der Waals surface area contributed by atoms with Gasteiger partial charge in [-0.1, -0.05) is 30.2 Å². The molecule has 2 atom stereocenters. The first kappa shape index (κ1) is 9.56. The summed E-state index contributed by atoms with van der Waals surface area (Å²) < 4.78 is 0. The molecule has 0 bridgehead atoms. The number of hydrogen-bond donors (Lipinski definition) is 2. The molecule has 0 saturated heterocycles. The van der Waals surface area contributed by atoms with Crippen LogP contribution >= 0.6 is 0 Å². The SMILES string of the molecule is C#CC1C=CC=CC1(C)C(=O)NN. The summed E-state index contributed by atoms with van der Waals surface area (Å²) in [6.07, 6.45) is 12.5. The van der Waals surface area contributed by atoms with Gasteiger partial charge in [0.25, 0.3) is 0 Å². The lowest BCUT2D eigenvalue weighted by Crippen LogP contribution is -2.45. The Morgan fingerprint density at radius 2 is 2.38 bits per heavy atom. The van der Waals surface area contributed by atoms with Crippen LogP contribution in [-0.2, 0) is 4.79 Å². The molecule has 0 aromatic rings. The zero-order valence-electron chi connectivity index (χ0n) is 7.45. The van der Waals surface area contributed by atoms with Crippen LogP contribution in [0.4, 0.5) is 0 Å². The smallest absolute Gasteiger partial charge is 0.245 e. The molecule has 68 valence electrons. The third-order valence-electron chi connectivity index (χ3n) is 2.30. The quantitative estimate of drug-likeness (QED) is 0.262. The number of nitrogens with two attached hydrogens (primary N) is 1. The topological polar surface area (TPSA) is 55.1 Å². The minimum atomic E-state index is -0.724. The molecule has 0 radical (unpaired) electrons. The van der Waals surface area contributed by atoms with Gasteiger partial charge in [0.15, 0.2) is 0 Å². The average Bonchev–Trinajstić information content (AvgIpc) is 2.17. The Bertz CT molecular complexity index is 311. The number of carbonyl (C=O) groups is 1. The minimum absolute atomic E-state index is 0.235. The molecule has 3 heteroatoms. The number of carbonyl (C=O) groups excluding carboxylic acids is 1. The fourth-order valence-corrected chi connectivity index (χ4v) is 1.34. The van der Waals surface area contributed by atoms with E-state index in [0.29, 0.717) is 0 Å². The Hall–Kier alpha value is -1.53. The van der Waals surface area contributed by atoms with E-state index < -0.39 is 5.41 Å². The molecule has 0 spiro atoms. The number of allylic oxidation sites excluding steroid dienone is 3. The Labute approximate surface area is 77.7 Å². The standard InChI is InChI=1S/C10H12N2O/c1-3-8-6-4-5-7-10(8,2)9(13)12-11/h1,4-8H,11H2,2H3,(H,12,13). The van der Waals surface area contributed by atoms with Crippen molar-refractivity contribution in [2.24, 2.45) is 17.2 Å². The highest BCUT2D eigenvalue weighted by molar-refractivity contribution is 5.85. The van der Waals surface area contributed by atoms with Crippen molar-refractivity contribution in [3.05, 3.63) is 24.3 Å². The van der Waals surface area contributed by atoms with Gasteiger partial charge in [0.2, 0.25) is 5.91 Å². The number of hydrazine groups is 1. The van der Waals surface area contributed by atoms with E-state index in [9.17, 15) is 4.79 Å². The highest BCUT2D eigenvalue weighted by Crippen LogP contribution is 2.32. The van der Waals surface area contributed by atoms with E-state index in [-0.39, 0.29) is 11.8 Å². The molecule has 1 aliphatic carbocycles. The molecule has 1 rings (SSSR count). The van der Waals surface area contributed by atoms with E-state index in [4.69, 9.17) is 12.3 Å². The van der Waals surface area contributed by atoms with Gasteiger partial charge in [0, 0.05) is 0 Å². The van der Waals surface area contributed by atoms with Crippen molar-refractivity contribution in [3.63, 3.8) is 0 Å². The van der Waals surface area contributed by atoms with E-state index in [1.165, 1.54) is 0 Å². The van der Waals surface area contributed by atoms with Gasteiger partial charge in [0.05, 0.1) is 11.3 Å². The Kier molecular flexibility index (Phi) is 2.54. The van der Waals surface area contributed by atoms with Crippen LogP contribution in [0.3, 0.4) is 0 Å². The summed E-state index contributed by atoms with van der Waals surface area (Å²) >= 11 is 0. The summed E-state index contributed by atoms with van der Waals surface area (Å²) in [5, 5.41) is 0. The summed E-state index contributed by atoms with van der Waals surface area (Å²) in [4.78, 5) is 11.4. The van der Waals surface area contributed by atoms with Gasteiger partial charge in [-0.15, -0.1) is 6.42 Å². The van der Waals surface area contributed by atoms with Crippen LogP contribution in [0.15, 0.2) is 24.3 Å². The number of rotatable bonds is 1. The van der Waals surface area contributed by atoms with Gasteiger partial charge in [-0.05, 0) is 6.92 Å². The lowest BCUT2D eigenvalue weighted by Gasteiger charge is -2.29. The van der Waals surface area contributed by atoms with Crippen LogP contribution in [0.1, 0.15) is 6.92 Å². The molecule has 2 unspecified atom stereocenters. The molecular weight excluding hydrogens is 164 g/mol. The first-order chi connectivity index (χ1) is 6.15. The second-order valence-corrected chi connectivity index (χ2v) is 3.14. The van der Waals surface area contributed by atoms with Crippen LogP contribution in [0, 0.1) is 23.7 Å². The monoisotopic (exact) mass is 176 g/mol. The normalized spacial score (nSPS) is 31.0. The summed E-state index contributed by atoms with van der Waals surface area (Å²) in [6.45, 7) is 1.76. The van der Waals surface area contributed by atoms with Crippen LogP contribution < -0.4 is 11.3 Å². The largest absolute Gasteiger partial charge is 0.293 e. The molecule has 0 heterocycles. The van der Waals surface area contributed by atoms with Gasteiger partial charge in [-0.2, -0.15) is 0 Å². The molecule has 0 aromatic carbocycles. The maximum atomic E-state index is 11.4. The predicted molar refractivity (Wildman–Crippen MR) is 51.0 cm³/mol. The minimum Gasteiger partial charge on any atom is -0.293 e. The lowest BCUT2D eigenvalue weighted by molar-refractivity contribution is -0.128. The molecular formula is C10H12N2O. The number of terminal acetylenes is 1.